The lowest BCUT2D eigenvalue weighted by atomic mass is 9.92. The van der Waals surface area contributed by atoms with Crippen molar-refractivity contribution in [2.75, 3.05) is 0 Å². The van der Waals surface area contributed by atoms with E-state index in [1.165, 1.54) is 4.80 Å². The quantitative estimate of drug-likeness (QED) is 0.460. The average molecular weight is 436 g/mol. The highest BCUT2D eigenvalue weighted by atomic mass is 35.5. The summed E-state index contributed by atoms with van der Waals surface area (Å²) in [6.07, 6.45) is 3.37. The number of rotatable bonds is 7. The lowest BCUT2D eigenvalue weighted by Crippen LogP contribution is -2.39. The number of imidazole rings is 1. The molecule has 0 atom stereocenters. The Kier molecular flexibility index (Phi) is 5.81. The van der Waals surface area contributed by atoms with Crippen LogP contribution in [-0.2, 0) is 17.9 Å². The van der Waals surface area contributed by atoms with Gasteiger partial charge >= 0.3 is 0 Å². The predicted octanol–water partition coefficient (Wildman–Crippen LogP) is 3.73. The molecule has 2 heterocycles. The van der Waals surface area contributed by atoms with Crippen LogP contribution in [0.4, 0.5) is 0 Å². The standard InChI is InChI=1S/C22H22ClN7O/c1-22(2,21(31)25-11-15-7-3-6-10-18(15)23)13-30-28-20(27-29-30)17-9-5-4-8-16(17)19-12-24-14-26-19/h3-10,12,14H,11,13H2,1-2H3,(H,24,26)(H,25,31). The number of benzene rings is 2. The van der Waals surface area contributed by atoms with Crippen LogP contribution >= 0.6 is 11.6 Å². The molecule has 2 aromatic heterocycles. The van der Waals surface area contributed by atoms with Gasteiger partial charge in [0.25, 0.3) is 0 Å². The number of tetrazole rings is 1. The molecule has 0 bridgehead atoms. The van der Waals surface area contributed by atoms with Gasteiger partial charge in [-0.1, -0.05) is 54.1 Å². The summed E-state index contributed by atoms with van der Waals surface area (Å²) in [6.45, 7) is 4.32. The molecule has 1 amide bonds. The number of aromatic amines is 1. The summed E-state index contributed by atoms with van der Waals surface area (Å²) in [5.74, 6) is 0.363. The summed E-state index contributed by atoms with van der Waals surface area (Å²) in [4.78, 5) is 21.4. The van der Waals surface area contributed by atoms with E-state index in [4.69, 9.17) is 11.6 Å². The van der Waals surface area contributed by atoms with E-state index in [0.717, 1.165) is 22.4 Å². The fourth-order valence-corrected chi connectivity index (χ4v) is 3.42. The van der Waals surface area contributed by atoms with Crippen molar-refractivity contribution in [3.63, 3.8) is 0 Å². The van der Waals surface area contributed by atoms with Crippen LogP contribution < -0.4 is 5.32 Å². The van der Waals surface area contributed by atoms with E-state index in [2.05, 4.69) is 30.7 Å². The molecule has 2 N–H and O–H groups in total. The van der Waals surface area contributed by atoms with Crippen molar-refractivity contribution in [3.8, 4) is 22.6 Å². The number of nitrogens with zero attached hydrogens (tertiary/aromatic N) is 5. The van der Waals surface area contributed by atoms with Gasteiger partial charge in [-0.3, -0.25) is 4.79 Å². The second-order valence-corrected chi connectivity index (χ2v) is 8.22. The summed E-state index contributed by atoms with van der Waals surface area (Å²) < 4.78 is 0. The first-order valence-electron chi connectivity index (χ1n) is 9.82. The highest BCUT2D eigenvalue weighted by molar-refractivity contribution is 6.31. The predicted molar refractivity (Wildman–Crippen MR) is 118 cm³/mol. The van der Waals surface area contributed by atoms with Crippen molar-refractivity contribution in [1.82, 2.24) is 35.5 Å². The number of hydrogen-bond donors (Lipinski definition) is 2. The molecule has 0 aliphatic carbocycles. The molecule has 0 fully saturated rings. The van der Waals surface area contributed by atoms with Crippen molar-refractivity contribution in [2.45, 2.75) is 26.9 Å². The number of H-pyrrole nitrogens is 1. The maximum atomic E-state index is 12.8. The Morgan fingerprint density at radius 2 is 1.87 bits per heavy atom. The normalized spacial score (nSPS) is 11.5. The lowest BCUT2D eigenvalue weighted by Gasteiger charge is -2.22. The van der Waals surface area contributed by atoms with Gasteiger partial charge in [0.2, 0.25) is 11.7 Å². The average Bonchev–Trinajstić information content (AvgIpc) is 3.45. The molecule has 0 spiro atoms. The van der Waals surface area contributed by atoms with Crippen LogP contribution in [0.3, 0.4) is 0 Å². The molecule has 0 radical (unpaired) electrons. The summed E-state index contributed by atoms with van der Waals surface area (Å²) in [5.41, 5.74) is 2.74. The zero-order valence-corrected chi connectivity index (χ0v) is 18.0. The molecular weight excluding hydrogens is 414 g/mol. The zero-order valence-electron chi connectivity index (χ0n) is 17.2. The van der Waals surface area contributed by atoms with Crippen LogP contribution in [0.15, 0.2) is 61.1 Å². The molecular formula is C22H22ClN7O. The van der Waals surface area contributed by atoms with E-state index in [0.29, 0.717) is 17.4 Å². The van der Waals surface area contributed by atoms with Gasteiger partial charge in [0, 0.05) is 22.7 Å². The van der Waals surface area contributed by atoms with Gasteiger partial charge < -0.3 is 10.3 Å². The first-order chi connectivity index (χ1) is 14.9. The third-order valence-electron chi connectivity index (χ3n) is 4.96. The minimum absolute atomic E-state index is 0.121. The molecule has 0 aliphatic heterocycles. The van der Waals surface area contributed by atoms with Gasteiger partial charge in [-0.05, 0) is 30.7 Å². The SMILES string of the molecule is CC(C)(Cn1nnc(-c2ccccc2-c2cnc[nH]2)n1)C(=O)NCc1ccccc1Cl. The van der Waals surface area contributed by atoms with E-state index in [1.807, 2.05) is 56.3 Å². The minimum atomic E-state index is -0.748. The molecule has 4 aromatic rings. The molecule has 0 aliphatic rings. The second-order valence-electron chi connectivity index (χ2n) is 7.81. The van der Waals surface area contributed by atoms with Crippen LogP contribution in [0.25, 0.3) is 22.6 Å². The number of nitrogens with one attached hydrogen (secondary N) is 2. The number of amides is 1. The highest BCUT2D eigenvalue weighted by Gasteiger charge is 2.29. The van der Waals surface area contributed by atoms with Crippen LogP contribution in [0.5, 0.6) is 0 Å². The molecule has 9 heteroatoms. The Labute approximate surface area is 184 Å². The lowest BCUT2D eigenvalue weighted by molar-refractivity contribution is -0.130. The van der Waals surface area contributed by atoms with Crippen molar-refractivity contribution in [3.05, 3.63) is 71.6 Å². The Hall–Kier alpha value is -3.52. The summed E-state index contributed by atoms with van der Waals surface area (Å²) >= 11 is 6.17. The molecule has 158 valence electrons. The monoisotopic (exact) mass is 435 g/mol. The van der Waals surface area contributed by atoms with Gasteiger partial charge in [0.1, 0.15) is 0 Å². The Bertz CT molecular complexity index is 1180. The topological polar surface area (TPSA) is 101 Å². The summed E-state index contributed by atoms with van der Waals surface area (Å²) in [5, 5.41) is 16.4. The molecule has 4 rings (SSSR count). The fraction of sp³-hybridized carbons (Fsp3) is 0.227. The summed E-state index contributed by atoms with van der Waals surface area (Å²) in [6, 6.07) is 15.2. The molecule has 31 heavy (non-hydrogen) atoms. The smallest absolute Gasteiger partial charge is 0.227 e. The Balaban J connectivity index is 1.47. The third kappa shape index (κ3) is 4.64. The third-order valence-corrected chi connectivity index (χ3v) is 5.33. The van der Waals surface area contributed by atoms with Crippen molar-refractivity contribution < 1.29 is 4.79 Å². The van der Waals surface area contributed by atoms with Crippen LogP contribution in [0.1, 0.15) is 19.4 Å². The number of carbonyl (C=O) groups excluding carboxylic acids is 1. The molecule has 0 saturated heterocycles. The highest BCUT2D eigenvalue weighted by Crippen LogP contribution is 2.28. The van der Waals surface area contributed by atoms with Crippen LogP contribution in [-0.4, -0.2) is 36.1 Å². The first-order valence-corrected chi connectivity index (χ1v) is 10.2. The van der Waals surface area contributed by atoms with E-state index in [9.17, 15) is 4.79 Å². The second kappa shape index (κ2) is 8.69. The number of carbonyl (C=O) groups is 1. The maximum absolute atomic E-state index is 12.8. The zero-order chi connectivity index (χ0) is 21.8. The van der Waals surface area contributed by atoms with E-state index >= 15 is 0 Å². The van der Waals surface area contributed by atoms with Crippen molar-refractivity contribution in [2.24, 2.45) is 5.41 Å². The fourth-order valence-electron chi connectivity index (χ4n) is 3.22. The van der Waals surface area contributed by atoms with Gasteiger partial charge in [-0.15, -0.1) is 10.2 Å². The van der Waals surface area contributed by atoms with Gasteiger partial charge in [0.15, 0.2) is 0 Å². The van der Waals surface area contributed by atoms with Gasteiger partial charge in [-0.2, -0.15) is 4.80 Å². The van der Waals surface area contributed by atoms with Crippen LogP contribution in [0.2, 0.25) is 5.02 Å². The van der Waals surface area contributed by atoms with Gasteiger partial charge in [0.05, 0.1) is 30.2 Å². The number of hydrogen-bond acceptors (Lipinski definition) is 5. The first kappa shape index (κ1) is 20.7. The minimum Gasteiger partial charge on any atom is -0.351 e. The summed E-state index contributed by atoms with van der Waals surface area (Å²) in [7, 11) is 0. The molecule has 0 unspecified atom stereocenters. The van der Waals surface area contributed by atoms with Crippen LogP contribution in [0, 0.1) is 5.41 Å². The largest absolute Gasteiger partial charge is 0.351 e. The van der Waals surface area contributed by atoms with Crippen molar-refractivity contribution in [1.29, 1.82) is 0 Å². The van der Waals surface area contributed by atoms with E-state index in [1.54, 1.807) is 18.6 Å². The molecule has 8 nitrogen and oxygen atoms in total. The molecule has 2 aromatic carbocycles. The number of halogens is 1. The Morgan fingerprint density at radius 1 is 1.13 bits per heavy atom. The van der Waals surface area contributed by atoms with Gasteiger partial charge in [-0.25, -0.2) is 4.98 Å². The Morgan fingerprint density at radius 3 is 2.61 bits per heavy atom. The van der Waals surface area contributed by atoms with E-state index in [-0.39, 0.29) is 12.5 Å². The van der Waals surface area contributed by atoms with Crippen molar-refractivity contribution >= 4 is 17.5 Å². The number of aromatic nitrogens is 6. The molecule has 0 saturated carbocycles. The van der Waals surface area contributed by atoms with E-state index < -0.39 is 5.41 Å². The maximum Gasteiger partial charge on any atom is 0.227 e.